The number of carboxylic acids is 1. The van der Waals surface area contributed by atoms with Crippen molar-refractivity contribution in [2.45, 2.75) is 26.7 Å². The molecule has 17 heavy (non-hydrogen) atoms. The van der Waals surface area contributed by atoms with Crippen LogP contribution in [0.15, 0.2) is 0 Å². The van der Waals surface area contributed by atoms with Crippen molar-refractivity contribution in [3.63, 3.8) is 0 Å². The van der Waals surface area contributed by atoms with Crippen molar-refractivity contribution in [1.82, 2.24) is 4.90 Å². The molecule has 0 aromatic carbocycles. The first kappa shape index (κ1) is 14.4. The molecule has 0 aromatic heterocycles. The minimum Gasteiger partial charge on any atom is -0.481 e. The lowest BCUT2D eigenvalue weighted by Crippen LogP contribution is -2.31. The first-order valence-corrected chi connectivity index (χ1v) is 7.30. The smallest absolute Gasteiger partial charge is 0.308 e. The van der Waals surface area contributed by atoms with E-state index in [-0.39, 0.29) is 17.7 Å². The van der Waals surface area contributed by atoms with Crippen LogP contribution in [-0.2, 0) is 9.59 Å². The molecule has 1 N–H and O–H groups in total. The van der Waals surface area contributed by atoms with Gasteiger partial charge >= 0.3 is 5.97 Å². The molecule has 5 heteroatoms. The standard InChI is InChI=1S/C12H21NO3S/c1-3-4-5-17-8-11(14)13-6-9(2)10(7-13)12(15)16/h9-10H,3-8H2,1-2H3,(H,15,16)/t9-,10-/m1/s1. The number of carboxylic acid groups (broad SMARTS) is 1. The Balaban J connectivity index is 2.32. The van der Waals surface area contributed by atoms with Gasteiger partial charge in [0.25, 0.3) is 0 Å². The second kappa shape index (κ2) is 6.89. The average Bonchev–Trinajstić information content (AvgIpc) is 2.66. The maximum Gasteiger partial charge on any atom is 0.308 e. The van der Waals surface area contributed by atoms with Crippen molar-refractivity contribution in [1.29, 1.82) is 0 Å². The molecule has 0 aliphatic carbocycles. The van der Waals surface area contributed by atoms with Gasteiger partial charge in [-0.25, -0.2) is 0 Å². The van der Waals surface area contributed by atoms with E-state index in [4.69, 9.17) is 5.11 Å². The summed E-state index contributed by atoms with van der Waals surface area (Å²) in [7, 11) is 0. The van der Waals surface area contributed by atoms with E-state index in [0.29, 0.717) is 18.8 Å². The minimum atomic E-state index is -0.786. The molecule has 1 saturated heterocycles. The second-order valence-electron chi connectivity index (χ2n) is 4.63. The summed E-state index contributed by atoms with van der Waals surface area (Å²) < 4.78 is 0. The quantitative estimate of drug-likeness (QED) is 0.738. The summed E-state index contributed by atoms with van der Waals surface area (Å²) in [4.78, 5) is 24.5. The Labute approximate surface area is 107 Å². The van der Waals surface area contributed by atoms with Crippen molar-refractivity contribution in [3.8, 4) is 0 Å². The van der Waals surface area contributed by atoms with Crippen molar-refractivity contribution < 1.29 is 14.7 Å². The number of aliphatic carboxylic acids is 1. The van der Waals surface area contributed by atoms with E-state index < -0.39 is 5.97 Å². The van der Waals surface area contributed by atoms with E-state index in [1.54, 1.807) is 16.7 Å². The fraction of sp³-hybridized carbons (Fsp3) is 0.833. The highest BCUT2D eigenvalue weighted by Crippen LogP contribution is 2.23. The van der Waals surface area contributed by atoms with Gasteiger partial charge in [-0.15, -0.1) is 0 Å². The number of amides is 1. The summed E-state index contributed by atoms with van der Waals surface area (Å²) in [5, 5.41) is 8.99. The summed E-state index contributed by atoms with van der Waals surface area (Å²) in [6.07, 6.45) is 2.27. The largest absolute Gasteiger partial charge is 0.481 e. The van der Waals surface area contributed by atoms with E-state index in [1.165, 1.54) is 0 Å². The van der Waals surface area contributed by atoms with E-state index >= 15 is 0 Å². The fourth-order valence-electron chi connectivity index (χ4n) is 1.99. The third kappa shape index (κ3) is 4.22. The van der Waals surface area contributed by atoms with Gasteiger partial charge in [-0.2, -0.15) is 11.8 Å². The molecular formula is C12H21NO3S. The van der Waals surface area contributed by atoms with E-state index in [1.807, 2.05) is 6.92 Å². The molecule has 0 spiro atoms. The van der Waals surface area contributed by atoms with Gasteiger partial charge < -0.3 is 10.0 Å². The van der Waals surface area contributed by atoms with Crippen LogP contribution in [0, 0.1) is 11.8 Å². The molecule has 1 aliphatic heterocycles. The molecular weight excluding hydrogens is 238 g/mol. The van der Waals surface area contributed by atoms with Crippen LogP contribution in [0.1, 0.15) is 26.7 Å². The Morgan fingerprint density at radius 3 is 2.65 bits per heavy atom. The van der Waals surface area contributed by atoms with Crippen LogP contribution >= 0.6 is 11.8 Å². The minimum absolute atomic E-state index is 0.0668. The van der Waals surface area contributed by atoms with Crippen LogP contribution in [0.2, 0.25) is 0 Å². The summed E-state index contributed by atoms with van der Waals surface area (Å²) in [5.41, 5.74) is 0. The summed E-state index contributed by atoms with van der Waals surface area (Å²) in [5.74, 6) is 0.470. The molecule has 2 atom stereocenters. The zero-order valence-electron chi connectivity index (χ0n) is 10.5. The van der Waals surface area contributed by atoms with Crippen LogP contribution in [-0.4, -0.2) is 46.5 Å². The van der Waals surface area contributed by atoms with E-state index in [0.717, 1.165) is 18.6 Å². The third-order valence-corrected chi connectivity index (χ3v) is 4.18. The average molecular weight is 259 g/mol. The first-order valence-electron chi connectivity index (χ1n) is 6.14. The lowest BCUT2D eigenvalue weighted by molar-refractivity contribution is -0.142. The molecule has 1 heterocycles. The predicted molar refractivity (Wildman–Crippen MR) is 69.1 cm³/mol. The van der Waals surface area contributed by atoms with Crippen LogP contribution in [0.4, 0.5) is 0 Å². The maximum absolute atomic E-state index is 11.8. The topological polar surface area (TPSA) is 57.6 Å². The van der Waals surface area contributed by atoms with Gasteiger partial charge in [0.15, 0.2) is 0 Å². The summed E-state index contributed by atoms with van der Waals surface area (Å²) in [6, 6.07) is 0. The van der Waals surface area contributed by atoms with Gasteiger partial charge in [-0.3, -0.25) is 9.59 Å². The SMILES string of the molecule is CCCCSCC(=O)N1C[C@@H](C)[C@H](C(=O)O)C1. The molecule has 98 valence electrons. The Morgan fingerprint density at radius 1 is 1.41 bits per heavy atom. The summed E-state index contributed by atoms with van der Waals surface area (Å²) in [6.45, 7) is 4.99. The number of carbonyl (C=O) groups excluding carboxylic acids is 1. The van der Waals surface area contributed by atoms with Gasteiger partial charge in [-0.05, 0) is 18.1 Å². The number of thioether (sulfide) groups is 1. The van der Waals surface area contributed by atoms with E-state index in [2.05, 4.69) is 6.92 Å². The van der Waals surface area contributed by atoms with Crippen LogP contribution < -0.4 is 0 Å². The summed E-state index contributed by atoms with van der Waals surface area (Å²) >= 11 is 1.64. The van der Waals surface area contributed by atoms with Crippen molar-refractivity contribution >= 4 is 23.6 Å². The molecule has 1 fully saturated rings. The fourth-order valence-corrected chi connectivity index (χ4v) is 2.98. The molecule has 1 aliphatic rings. The highest BCUT2D eigenvalue weighted by Gasteiger charge is 2.36. The molecule has 4 nitrogen and oxygen atoms in total. The number of likely N-dealkylation sites (tertiary alicyclic amines) is 1. The molecule has 1 amide bonds. The van der Waals surface area contributed by atoms with Gasteiger partial charge in [-0.1, -0.05) is 20.3 Å². The van der Waals surface area contributed by atoms with Crippen molar-refractivity contribution in [2.75, 3.05) is 24.6 Å². The van der Waals surface area contributed by atoms with Crippen molar-refractivity contribution in [2.24, 2.45) is 11.8 Å². The maximum atomic E-state index is 11.8. The van der Waals surface area contributed by atoms with Gasteiger partial charge in [0, 0.05) is 13.1 Å². The number of hydrogen-bond donors (Lipinski definition) is 1. The van der Waals surface area contributed by atoms with Crippen LogP contribution in [0.3, 0.4) is 0 Å². The molecule has 1 rings (SSSR count). The van der Waals surface area contributed by atoms with Gasteiger partial charge in [0.2, 0.25) is 5.91 Å². The number of hydrogen-bond acceptors (Lipinski definition) is 3. The van der Waals surface area contributed by atoms with Gasteiger partial charge in [0.05, 0.1) is 11.7 Å². The second-order valence-corrected chi connectivity index (χ2v) is 5.73. The molecule has 0 aromatic rings. The normalized spacial score (nSPS) is 24.0. The Morgan fingerprint density at radius 2 is 2.12 bits per heavy atom. The van der Waals surface area contributed by atoms with E-state index in [9.17, 15) is 9.59 Å². The van der Waals surface area contributed by atoms with Crippen molar-refractivity contribution in [3.05, 3.63) is 0 Å². The highest BCUT2D eigenvalue weighted by molar-refractivity contribution is 7.99. The zero-order valence-corrected chi connectivity index (χ0v) is 11.3. The Kier molecular flexibility index (Phi) is 5.82. The van der Waals surface area contributed by atoms with Crippen LogP contribution in [0.25, 0.3) is 0 Å². The number of carbonyl (C=O) groups is 2. The monoisotopic (exact) mass is 259 g/mol. The van der Waals surface area contributed by atoms with Crippen LogP contribution in [0.5, 0.6) is 0 Å². The number of nitrogens with zero attached hydrogens (tertiary/aromatic N) is 1. The highest BCUT2D eigenvalue weighted by atomic mass is 32.2. The first-order chi connectivity index (χ1) is 8.06. The lowest BCUT2D eigenvalue weighted by atomic mass is 9.99. The molecule has 0 bridgehead atoms. The molecule has 0 radical (unpaired) electrons. The van der Waals surface area contributed by atoms with Gasteiger partial charge in [0.1, 0.15) is 0 Å². The number of rotatable bonds is 6. The zero-order chi connectivity index (χ0) is 12.8. The third-order valence-electron chi connectivity index (χ3n) is 3.15. The Bertz CT molecular complexity index is 283. The lowest BCUT2D eigenvalue weighted by Gasteiger charge is -2.15. The predicted octanol–water partition coefficient (Wildman–Crippen LogP) is 1.70. The molecule has 0 unspecified atom stereocenters. The number of unbranched alkanes of at least 4 members (excludes halogenated alkanes) is 1. The Hall–Kier alpha value is -0.710. The molecule has 0 saturated carbocycles.